The highest BCUT2D eigenvalue weighted by Crippen LogP contribution is 2.20. The number of aromatic nitrogens is 1. The van der Waals surface area contributed by atoms with Crippen molar-refractivity contribution in [2.75, 3.05) is 22.4 Å². The monoisotopic (exact) mass is 321 g/mol. The van der Waals surface area contributed by atoms with E-state index in [4.69, 9.17) is 4.74 Å². The van der Waals surface area contributed by atoms with Gasteiger partial charge in [0.2, 0.25) is 10.0 Å². The summed E-state index contributed by atoms with van der Waals surface area (Å²) in [6.07, 6.45) is 1.57. The fourth-order valence-corrected chi connectivity index (χ4v) is 2.31. The molecule has 0 aliphatic heterocycles. The molecule has 2 aromatic rings. The van der Waals surface area contributed by atoms with Crippen molar-refractivity contribution in [3.05, 3.63) is 42.6 Å². The quantitative estimate of drug-likeness (QED) is 0.819. The van der Waals surface area contributed by atoms with E-state index in [1.165, 1.54) is 0 Å². The normalized spacial score (nSPS) is 11.0. The van der Waals surface area contributed by atoms with Gasteiger partial charge in [0.25, 0.3) is 0 Å². The lowest BCUT2D eigenvalue weighted by molar-refractivity contribution is 0.340. The molecule has 2 rings (SSSR count). The van der Waals surface area contributed by atoms with Crippen molar-refractivity contribution in [1.82, 2.24) is 4.98 Å². The third-order valence-corrected chi connectivity index (χ3v) is 4.14. The number of ether oxygens (including phenoxy) is 1. The van der Waals surface area contributed by atoms with Gasteiger partial charge < -0.3 is 10.1 Å². The molecule has 0 saturated heterocycles. The van der Waals surface area contributed by atoms with Gasteiger partial charge in [0, 0.05) is 5.69 Å². The minimum atomic E-state index is -3.30. The molecular weight excluding hydrogens is 302 g/mol. The van der Waals surface area contributed by atoms with Crippen molar-refractivity contribution in [3.8, 4) is 5.75 Å². The van der Waals surface area contributed by atoms with Crippen molar-refractivity contribution in [1.29, 1.82) is 0 Å². The number of nitrogens with one attached hydrogen (secondary N) is 2. The van der Waals surface area contributed by atoms with Crippen molar-refractivity contribution in [2.45, 2.75) is 13.8 Å². The molecule has 0 saturated carbocycles. The Morgan fingerprint density at radius 3 is 2.27 bits per heavy atom. The Hall–Kier alpha value is -2.28. The fourth-order valence-electron chi connectivity index (χ4n) is 1.73. The zero-order valence-electron chi connectivity index (χ0n) is 12.5. The average molecular weight is 321 g/mol. The van der Waals surface area contributed by atoms with Crippen LogP contribution in [-0.2, 0) is 10.0 Å². The summed E-state index contributed by atoms with van der Waals surface area (Å²) in [5, 5.41) is 3.18. The highest BCUT2D eigenvalue weighted by Gasteiger charge is 2.07. The van der Waals surface area contributed by atoms with Gasteiger partial charge in [-0.25, -0.2) is 13.4 Å². The van der Waals surface area contributed by atoms with E-state index in [1.54, 1.807) is 25.3 Å². The smallest absolute Gasteiger partial charge is 0.233 e. The van der Waals surface area contributed by atoms with E-state index in [9.17, 15) is 8.42 Å². The largest absolute Gasteiger partial charge is 0.494 e. The van der Waals surface area contributed by atoms with Gasteiger partial charge in [-0.1, -0.05) is 0 Å². The van der Waals surface area contributed by atoms with Crippen LogP contribution in [-0.4, -0.2) is 25.8 Å². The molecule has 0 aliphatic carbocycles. The van der Waals surface area contributed by atoms with E-state index >= 15 is 0 Å². The molecule has 0 amide bonds. The first-order valence-electron chi connectivity index (χ1n) is 6.99. The van der Waals surface area contributed by atoms with Gasteiger partial charge in [0.15, 0.2) is 0 Å². The van der Waals surface area contributed by atoms with Gasteiger partial charge in [-0.05, 0) is 50.2 Å². The van der Waals surface area contributed by atoms with Crippen LogP contribution in [0.1, 0.15) is 13.8 Å². The number of anilines is 3. The summed E-state index contributed by atoms with van der Waals surface area (Å²) in [6.45, 7) is 4.14. The fraction of sp³-hybridized carbons (Fsp3) is 0.267. The van der Waals surface area contributed by atoms with Gasteiger partial charge >= 0.3 is 0 Å². The lowest BCUT2D eigenvalue weighted by Gasteiger charge is -2.09. The predicted molar refractivity (Wildman–Crippen MR) is 88.2 cm³/mol. The molecule has 1 aromatic heterocycles. The first-order chi connectivity index (χ1) is 10.5. The Balaban J connectivity index is 2.01. The van der Waals surface area contributed by atoms with Crippen molar-refractivity contribution in [3.63, 3.8) is 0 Å². The van der Waals surface area contributed by atoms with Crippen molar-refractivity contribution >= 4 is 27.2 Å². The van der Waals surface area contributed by atoms with Crippen LogP contribution in [0.4, 0.5) is 17.2 Å². The molecule has 0 fully saturated rings. The summed E-state index contributed by atoms with van der Waals surface area (Å²) >= 11 is 0. The molecule has 118 valence electrons. The van der Waals surface area contributed by atoms with E-state index in [-0.39, 0.29) is 5.75 Å². The number of pyridine rings is 1. The Morgan fingerprint density at radius 1 is 1.05 bits per heavy atom. The van der Waals surface area contributed by atoms with E-state index in [1.807, 2.05) is 31.2 Å². The number of hydrogen-bond acceptors (Lipinski definition) is 5. The molecule has 1 aromatic carbocycles. The van der Waals surface area contributed by atoms with Crippen LogP contribution in [0.5, 0.6) is 5.75 Å². The third-order valence-electron chi connectivity index (χ3n) is 2.86. The Bertz CT molecular complexity index is 698. The molecule has 1 heterocycles. The van der Waals surface area contributed by atoms with Crippen LogP contribution in [0.3, 0.4) is 0 Å². The van der Waals surface area contributed by atoms with Crippen LogP contribution >= 0.6 is 0 Å². The molecule has 0 atom stereocenters. The summed E-state index contributed by atoms with van der Waals surface area (Å²) in [7, 11) is -3.30. The Kier molecular flexibility index (Phi) is 5.21. The van der Waals surface area contributed by atoms with Gasteiger partial charge in [-0.15, -0.1) is 0 Å². The molecule has 0 unspecified atom stereocenters. The maximum atomic E-state index is 11.5. The van der Waals surface area contributed by atoms with Crippen molar-refractivity contribution < 1.29 is 13.2 Å². The Morgan fingerprint density at radius 2 is 1.73 bits per heavy atom. The maximum absolute atomic E-state index is 11.5. The van der Waals surface area contributed by atoms with Crippen molar-refractivity contribution in [2.24, 2.45) is 0 Å². The van der Waals surface area contributed by atoms with Crippen LogP contribution in [0.15, 0.2) is 42.6 Å². The third kappa shape index (κ3) is 4.63. The van der Waals surface area contributed by atoms with E-state index in [0.717, 1.165) is 17.1 Å². The predicted octanol–water partition coefficient (Wildman–Crippen LogP) is 2.99. The first kappa shape index (κ1) is 16.1. The minimum absolute atomic E-state index is 0.0147. The maximum Gasteiger partial charge on any atom is 0.233 e. The Labute approximate surface area is 130 Å². The molecule has 6 nitrogen and oxygen atoms in total. The summed E-state index contributed by atoms with van der Waals surface area (Å²) in [4.78, 5) is 4.08. The second-order valence-electron chi connectivity index (χ2n) is 4.52. The first-order valence-corrected chi connectivity index (χ1v) is 8.64. The van der Waals surface area contributed by atoms with Crippen LogP contribution in [0, 0.1) is 0 Å². The second-order valence-corrected chi connectivity index (χ2v) is 6.53. The molecular formula is C15H19N3O3S. The molecule has 2 N–H and O–H groups in total. The molecule has 22 heavy (non-hydrogen) atoms. The lowest BCUT2D eigenvalue weighted by atomic mass is 10.3. The van der Waals surface area contributed by atoms with E-state index < -0.39 is 10.0 Å². The summed E-state index contributed by atoms with van der Waals surface area (Å²) in [5.41, 5.74) is 1.66. The van der Waals surface area contributed by atoms with Gasteiger partial charge in [0.05, 0.1) is 24.2 Å². The topological polar surface area (TPSA) is 80.3 Å². The highest BCUT2D eigenvalue weighted by molar-refractivity contribution is 7.92. The number of sulfonamides is 1. The van der Waals surface area contributed by atoms with Crippen LogP contribution in [0.25, 0.3) is 0 Å². The van der Waals surface area contributed by atoms with E-state index in [2.05, 4.69) is 15.0 Å². The lowest BCUT2D eigenvalue weighted by Crippen LogP contribution is -2.15. The SMILES string of the molecule is CCOc1ccc(Nc2ccc(NS(=O)(=O)CC)nc2)cc1. The van der Waals surface area contributed by atoms with Gasteiger partial charge in [0.1, 0.15) is 11.6 Å². The molecule has 0 bridgehead atoms. The van der Waals surface area contributed by atoms with Gasteiger partial charge in [-0.2, -0.15) is 0 Å². The standard InChI is InChI=1S/C15H19N3O3S/c1-3-21-14-8-5-12(6-9-14)17-13-7-10-15(16-11-13)18-22(19,20)4-2/h5-11,17H,3-4H2,1-2H3,(H,16,18). The molecule has 0 aliphatic rings. The number of hydrogen-bond donors (Lipinski definition) is 2. The minimum Gasteiger partial charge on any atom is -0.494 e. The van der Waals surface area contributed by atoms with Gasteiger partial charge in [-0.3, -0.25) is 4.72 Å². The number of benzene rings is 1. The zero-order chi connectivity index (χ0) is 16.0. The summed E-state index contributed by atoms with van der Waals surface area (Å²) in [6, 6.07) is 10.9. The summed E-state index contributed by atoms with van der Waals surface area (Å²) < 4.78 is 30.7. The van der Waals surface area contributed by atoms with E-state index in [0.29, 0.717) is 12.4 Å². The summed E-state index contributed by atoms with van der Waals surface area (Å²) in [5.74, 6) is 1.13. The number of nitrogens with zero attached hydrogens (tertiary/aromatic N) is 1. The molecule has 7 heteroatoms. The zero-order valence-corrected chi connectivity index (χ0v) is 13.4. The highest BCUT2D eigenvalue weighted by atomic mass is 32.2. The second kappa shape index (κ2) is 7.13. The molecule has 0 radical (unpaired) electrons. The van der Waals surface area contributed by atoms with Crippen LogP contribution in [0.2, 0.25) is 0 Å². The molecule has 0 spiro atoms. The van der Waals surface area contributed by atoms with Crippen LogP contribution < -0.4 is 14.8 Å². The number of rotatable bonds is 7. The average Bonchev–Trinajstić information content (AvgIpc) is 2.51.